The van der Waals surface area contributed by atoms with Crippen LogP contribution in [0.5, 0.6) is 5.75 Å². The minimum atomic E-state index is -1.66. The van der Waals surface area contributed by atoms with E-state index in [2.05, 4.69) is 35.9 Å². The van der Waals surface area contributed by atoms with Gasteiger partial charge in [0.05, 0.1) is 17.9 Å². The van der Waals surface area contributed by atoms with Gasteiger partial charge in [0.1, 0.15) is 18.6 Å². The molecule has 0 N–H and O–H groups in total. The molecule has 1 aliphatic rings. The van der Waals surface area contributed by atoms with E-state index >= 15 is 0 Å². The quantitative estimate of drug-likeness (QED) is 0.396. The highest BCUT2D eigenvalue weighted by Crippen LogP contribution is 2.28. The number of rotatable bonds is 7. The lowest BCUT2D eigenvalue weighted by Crippen LogP contribution is -2.35. The third-order valence-corrected chi connectivity index (χ3v) is 5.47. The fourth-order valence-corrected chi connectivity index (χ4v) is 3.61. The van der Waals surface area contributed by atoms with Gasteiger partial charge in [-0.3, -0.25) is 0 Å². The number of hydrogen-bond acceptors (Lipinski definition) is 10. The number of aromatic nitrogens is 9. The average molecular weight is 472 g/mol. The van der Waals surface area contributed by atoms with Crippen molar-refractivity contribution >= 4 is 6.01 Å². The fourth-order valence-electron chi connectivity index (χ4n) is 3.61. The Morgan fingerprint density at radius 3 is 2.74 bits per heavy atom. The molecule has 0 radical (unpaired) electrons. The molecule has 4 aromatic rings. The second kappa shape index (κ2) is 8.76. The second-order valence-corrected chi connectivity index (χ2v) is 8.41. The van der Waals surface area contributed by atoms with E-state index < -0.39 is 11.5 Å². The smallest absolute Gasteiger partial charge is 0.324 e. The van der Waals surface area contributed by atoms with Crippen LogP contribution in [0, 0.1) is 5.82 Å². The third-order valence-electron chi connectivity index (χ3n) is 5.47. The summed E-state index contributed by atoms with van der Waals surface area (Å²) in [5.41, 5.74) is -0.590. The number of hydrogen-bond donors (Lipinski definition) is 0. The average Bonchev–Trinajstić information content (AvgIpc) is 3.60. The molecule has 0 aliphatic carbocycles. The molecule has 1 fully saturated rings. The zero-order chi connectivity index (χ0) is 23.7. The van der Waals surface area contributed by atoms with Crippen molar-refractivity contribution in [2.24, 2.45) is 0 Å². The van der Waals surface area contributed by atoms with Gasteiger partial charge in [-0.2, -0.15) is 20.0 Å². The summed E-state index contributed by atoms with van der Waals surface area (Å²) in [6, 6.07) is 4.85. The number of ether oxygens (including phenoxy) is 1. The molecular formula is C20H22F2N10O2. The molecule has 14 heteroatoms. The highest BCUT2D eigenvalue weighted by molar-refractivity contribution is 5.37. The van der Waals surface area contributed by atoms with Crippen molar-refractivity contribution in [2.75, 3.05) is 18.0 Å². The van der Waals surface area contributed by atoms with Crippen LogP contribution in [0.2, 0.25) is 0 Å². The van der Waals surface area contributed by atoms with Crippen LogP contribution < -0.4 is 9.64 Å². The van der Waals surface area contributed by atoms with Gasteiger partial charge in [-0.05, 0) is 49.2 Å². The summed E-state index contributed by atoms with van der Waals surface area (Å²) >= 11 is 0. The molecule has 0 spiro atoms. The summed E-state index contributed by atoms with van der Waals surface area (Å²) < 4.78 is 40.5. The summed E-state index contributed by atoms with van der Waals surface area (Å²) in [6.45, 7) is 4.14. The van der Waals surface area contributed by atoms with Crippen LogP contribution in [0.1, 0.15) is 44.2 Å². The molecular weight excluding hydrogens is 450 g/mol. The van der Waals surface area contributed by atoms with Gasteiger partial charge in [-0.1, -0.05) is 5.16 Å². The Bertz CT molecular complexity index is 1240. The molecule has 1 aliphatic heterocycles. The van der Waals surface area contributed by atoms with Gasteiger partial charge >= 0.3 is 6.01 Å². The van der Waals surface area contributed by atoms with Gasteiger partial charge in [0, 0.05) is 19.2 Å². The molecule has 1 saturated heterocycles. The number of tetrazole rings is 1. The maximum Gasteiger partial charge on any atom is 0.324 e. The Balaban J connectivity index is 1.16. The van der Waals surface area contributed by atoms with E-state index in [1.165, 1.54) is 37.0 Å². The summed E-state index contributed by atoms with van der Waals surface area (Å²) in [5.74, 6) is -0.410. The lowest BCUT2D eigenvalue weighted by molar-refractivity contribution is 0.199. The Kier molecular flexibility index (Phi) is 5.63. The van der Waals surface area contributed by atoms with Crippen LogP contribution in [0.25, 0.3) is 5.69 Å². The Morgan fingerprint density at radius 2 is 2.06 bits per heavy atom. The highest BCUT2D eigenvalue weighted by Gasteiger charge is 2.29. The molecule has 3 aromatic heterocycles. The molecule has 5 rings (SSSR count). The molecule has 0 unspecified atom stereocenters. The van der Waals surface area contributed by atoms with Crippen molar-refractivity contribution in [2.45, 2.75) is 45.0 Å². The van der Waals surface area contributed by atoms with E-state index in [1.807, 2.05) is 4.90 Å². The third kappa shape index (κ3) is 4.56. The Morgan fingerprint density at radius 1 is 1.24 bits per heavy atom. The number of anilines is 1. The number of halogens is 2. The first-order chi connectivity index (χ1) is 16.4. The van der Waals surface area contributed by atoms with Crippen molar-refractivity contribution in [1.29, 1.82) is 0 Å². The van der Waals surface area contributed by atoms with Gasteiger partial charge in [0.15, 0.2) is 17.2 Å². The molecule has 1 aromatic carbocycles. The van der Waals surface area contributed by atoms with Crippen molar-refractivity contribution in [1.82, 2.24) is 45.3 Å². The number of piperidine rings is 1. The minimum Gasteiger partial charge on any atom is -0.484 e. The number of benzene rings is 1. The SMILES string of the molecule is CC(C)(F)c1noc(N2CCC(n3ncc(COc4ccc(-n5cnnn5)cc4F)n3)CC2)n1. The summed E-state index contributed by atoms with van der Waals surface area (Å²) in [4.78, 5) is 7.74. The maximum atomic E-state index is 14.4. The van der Waals surface area contributed by atoms with Gasteiger partial charge in [0.2, 0.25) is 5.82 Å². The number of nitrogens with zero attached hydrogens (tertiary/aromatic N) is 10. The lowest BCUT2D eigenvalue weighted by Gasteiger charge is -2.29. The topological polar surface area (TPSA) is 126 Å². The second-order valence-electron chi connectivity index (χ2n) is 8.41. The molecule has 0 bridgehead atoms. The molecule has 178 valence electrons. The van der Waals surface area contributed by atoms with Crippen LogP contribution in [0.15, 0.2) is 35.2 Å². The standard InChI is InChI=1S/C20H22F2N10O2/c1-20(2,22)18-25-19(34-27-18)30-7-5-14(6-8-30)32-24-10-13(26-32)11-33-17-4-3-15(9-16(17)21)31-12-23-28-29-31/h3-4,9-10,12,14H,5-8,11H2,1-2H3. The lowest BCUT2D eigenvalue weighted by atomic mass is 10.1. The fraction of sp³-hybridized carbons (Fsp3) is 0.450. The highest BCUT2D eigenvalue weighted by atomic mass is 19.1. The summed E-state index contributed by atoms with van der Waals surface area (Å²) in [7, 11) is 0. The zero-order valence-electron chi connectivity index (χ0n) is 18.5. The summed E-state index contributed by atoms with van der Waals surface area (Å²) in [5, 5.41) is 23.3. The predicted octanol–water partition coefficient (Wildman–Crippen LogP) is 2.40. The monoisotopic (exact) mass is 472 g/mol. The van der Waals surface area contributed by atoms with E-state index in [1.54, 1.807) is 17.1 Å². The van der Waals surface area contributed by atoms with Crippen LogP contribution in [-0.2, 0) is 12.3 Å². The minimum absolute atomic E-state index is 0.0319. The van der Waals surface area contributed by atoms with Crippen LogP contribution in [0.3, 0.4) is 0 Å². The Hall–Kier alpha value is -3.97. The van der Waals surface area contributed by atoms with Crippen molar-refractivity contribution < 1.29 is 18.0 Å². The van der Waals surface area contributed by atoms with Crippen LogP contribution in [-0.4, -0.2) is 58.4 Å². The van der Waals surface area contributed by atoms with E-state index in [-0.39, 0.29) is 24.2 Å². The van der Waals surface area contributed by atoms with Crippen molar-refractivity contribution in [3.63, 3.8) is 0 Å². The van der Waals surface area contributed by atoms with Gasteiger partial charge < -0.3 is 14.2 Å². The molecule has 34 heavy (non-hydrogen) atoms. The zero-order valence-corrected chi connectivity index (χ0v) is 18.5. The van der Waals surface area contributed by atoms with Gasteiger partial charge in [-0.25, -0.2) is 13.5 Å². The first-order valence-electron chi connectivity index (χ1n) is 10.7. The molecule has 0 saturated carbocycles. The van der Waals surface area contributed by atoms with Gasteiger partial charge in [0.25, 0.3) is 0 Å². The van der Waals surface area contributed by atoms with Crippen molar-refractivity contribution in [3.8, 4) is 11.4 Å². The Labute approximate surface area is 192 Å². The number of alkyl halides is 1. The molecule has 0 atom stereocenters. The molecule has 0 amide bonds. The normalized spacial score (nSPS) is 15.1. The van der Waals surface area contributed by atoms with Gasteiger partial charge in [-0.15, -0.1) is 5.10 Å². The molecule has 12 nitrogen and oxygen atoms in total. The largest absolute Gasteiger partial charge is 0.484 e. The van der Waals surface area contributed by atoms with Crippen molar-refractivity contribution in [3.05, 3.63) is 48.1 Å². The van der Waals surface area contributed by atoms with Crippen LogP contribution >= 0.6 is 0 Å². The first-order valence-corrected chi connectivity index (χ1v) is 10.7. The van der Waals surface area contributed by atoms with E-state index in [0.29, 0.717) is 30.5 Å². The van der Waals surface area contributed by atoms with Crippen LogP contribution in [0.4, 0.5) is 14.8 Å². The van der Waals surface area contributed by atoms with E-state index in [4.69, 9.17) is 9.26 Å². The van der Waals surface area contributed by atoms with E-state index in [9.17, 15) is 8.78 Å². The predicted molar refractivity (Wildman–Crippen MR) is 112 cm³/mol. The summed E-state index contributed by atoms with van der Waals surface area (Å²) in [6.07, 6.45) is 4.48. The first kappa shape index (κ1) is 21.9. The van der Waals surface area contributed by atoms with E-state index in [0.717, 1.165) is 12.8 Å². The maximum absolute atomic E-state index is 14.4. The molecule has 4 heterocycles.